The standard InChI is InChI=1S/C13H13ClN4S/c1-2-3-12-17-19-13-15-8-11(16-18(12)13)9-4-6-10(14)7-5-9/h4-7H,2-3,8H2,1H3. The van der Waals surface area contributed by atoms with E-state index < -0.39 is 0 Å². The fraction of sp³-hybridized carbons (Fsp3) is 0.308. The van der Waals surface area contributed by atoms with Crippen molar-refractivity contribution >= 4 is 40.3 Å². The van der Waals surface area contributed by atoms with Crippen LogP contribution in [0.5, 0.6) is 0 Å². The fourth-order valence-electron chi connectivity index (χ4n) is 1.94. The summed E-state index contributed by atoms with van der Waals surface area (Å²) >= 11 is 7.31. The molecule has 0 saturated carbocycles. The third kappa shape index (κ3) is 2.53. The molecule has 2 heterocycles. The van der Waals surface area contributed by atoms with Crippen LogP contribution in [0.3, 0.4) is 0 Å². The number of hydrogen-bond donors (Lipinski definition) is 0. The monoisotopic (exact) mass is 292 g/mol. The molecule has 4 nitrogen and oxygen atoms in total. The Morgan fingerprint density at radius 2 is 2.11 bits per heavy atom. The molecule has 3 rings (SSSR count). The van der Waals surface area contributed by atoms with Crippen LogP contribution >= 0.6 is 23.5 Å². The SMILES string of the molecule is CCCC1=NSC2=NCC(c3ccc(Cl)cc3)=NN12. The maximum atomic E-state index is 5.90. The average molecular weight is 293 g/mol. The molecule has 0 unspecified atom stereocenters. The van der Waals surface area contributed by atoms with Gasteiger partial charge in [0.2, 0.25) is 5.17 Å². The fourth-order valence-corrected chi connectivity index (χ4v) is 2.77. The highest BCUT2D eigenvalue weighted by molar-refractivity contribution is 8.13. The van der Waals surface area contributed by atoms with Crippen molar-refractivity contribution in [3.8, 4) is 0 Å². The number of hydrogen-bond acceptors (Lipinski definition) is 5. The summed E-state index contributed by atoms with van der Waals surface area (Å²) in [6, 6.07) is 7.69. The second kappa shape index (κ2) is 5.35. The van der Waals surface area contributed by atoms with Crippen molar-refractivity contribution in [2.45, 2.75) is 19.8 Å². The minimum Gasteiger partial charge on any atom is -0.253 e. The van der Waals surface area contributed by atoms with Gasteiger partial charge in [-0.2, -0.15) is 14.5 Å². The van der Waals surface area contributed by atoms with E-state index in [1.807, 2.05) is 29.3 Å². The van der Waals surface area contributed by atoms with Crippen molar-refractivity contribution in [3.63, 3.8) is 0 Å². The number of rotatable bonds is 3. The molecule has 1 aromatic carbocycles. The van der Waals surface area contributed by atoms with E-state index in [4.69, 9.17) is 11.6 Å². The predicted octanol–water partition coefficient (Wildman–Crippen LogP) is 3.58. The molecular weight excluding hydrogens is 280 g/mol. The quantitative estimate of drug-likeness (QED) is 0.799. The van der Waals surface area contributed by atoms with Gasteiger partial charge in [-0.15, -0.1) is 0 Å². The molecule has 0 fully saturated rings. The zero-order valence-electron chi connectivity index (χ0n) is 10.5. The van der Waals surface area contributed by atoms with Gasteiger partial charge in [0.15, 0.2) is 0 Å². The van der Waals surface area contributed by atoms with Crippen molar-refractivity contribution < 1.29 is 0 Å². The van der Waals surface area contributed by atoms with Crippen LogP contribution in [0.15, 0.2) is 38.8 Å². The van der Waals surface area contributed by atoms with Crippen molar-refractivity contribution in [3.05, 3.63) is 34.9 Å². The van der Waals surface area contributed by atoms with Crippen molar-refractivity contribution in [1.29, 1.82) is 0 Å². The van der Waals surface area contributed by atoms with E-state index in [0.29, 0.717) is 6.54 Å². The molecule has 2 aliphatic heterocycles. The highest BCUT2D eigenvalue weighted by Gasteiger charge is 2.27. The first kappa shape index (κ1) is 12.7. The number of halogens is 1. The van der Waals surface area contributed by atoms with E-state index in [0.717, 1.165) is 40.1 Å². The first-order chi connectivity index (χ1) is 9.28. The molecule has 0 atom stereocenters. The molecule has 0 aliphatic carbocycles. The molecule has 0 spiro atoms. The molecule has 19 heavy (non-hydrogen) atoms. The van der Waals surface area contributed by atoms with E-state index in [9.17, 15) is 0 Å². The van der Waals surface area contributed by atoms with Gasteiger partial charge in [0.1, 0.15) is 5.84 Å². The van der Waals surface area contributed by atoms with Crippen molar-refractivity contribution in [2.24, 2.45) is 14.5 Å². The Bertz CT molecular complexity index is 577. The average Bonchev–Trinajstić information content (AvgIpc) is 2.83. The van der Waals surface area contributed by atoms with Crippen LogP contribution in [-0.4, -0.2) is 28.3 Å². The van der Waals surface area contributed by atoms with Gasteiger partial charge in [-0.1, -0.05) is 30.7 Å². The van der Waals surface area contributed by atoms with Crippen LogP contribution < -0.4 is 0 Å². The first-order valence-corrected chi connectivity index (χ1v) is 7.35. The number of hydrazone groups is 1. The van der Waals surface area contributed by atoms with Gasteiger partial charge in [-0.05, 0) is 24.1 Å². The van der Waals surface area contributed by atoms with Crippen molar-refractivity contribution in [2.75, 3.05) is 6.54 Å². The molecule has 0 aromatic heterocycles. The summed E-state index contributed by atoms with van der Waals surface area (Å²) in [5, 5.41) is 8.14. The smallest absolute Gasteiger partial charge is 0.209 e. The number of fused-ring (bicyclic) bond motifs is 1. The zero-order valence-corrected chi connectivity index (χ0v) is 12.1. The highest BCUT2D eigenvalue weighted by atomic mass is 35.5. The maximum Gasteiger partial charge on any atom is 0.209 e. The molecular formula is C13H13ClN4S. The van der Waals surface area contributed by atoms with E-state index >= 15 is 0 Å². The molecule has 2 aliphatic rings. The second-order valence-electron chi connectivity index (χ2n) is 4.31. The third-order valence-corrected chi connectivity index (χ3v) is 3.91. The Hall–Kier alpha value is -1.33. The van der Waals surface area contributed by atoms with Gasteiger partial charge < -0.3 is 0 Å². The van der Waals surface area contributed by atoms with Crippen LogP contribution in [0.4, 0.5) is 0 Å². The summed E-state index contributed by atoms with van der Waals surface area (Å²) in [4.78, 5) is 4.53. The minimum absolute atomic E-state index is 0.593. The number of nitrogens with zero attached hydrogens (tertiary/aromatic N) is 4. The van der Waals surface area contributed by atoms with Gasteiger partial charge >= 0.3 is 0 Å². The Morgan fingerprint density at radius 3 is 2.84 bits per heavy atom. The summed E-state index contributed by atoms with van der Waals surface area (Å²) in [6.45, 7) is 2.73. The minimum atomic E-state index is 0.593. The molecule has 0 amide bonds. The number of aliphatic imine (C=N–C) groups is 1. The van der Waals surface area contributed by atoms with E-state index in [2.05, 4.69) is 21.4 Å². The van der Waals surface area contributed by atoms with E-state index in [1.54, 1.807) is 0 Å². The molecule has 98 valence electrons. The number of amidine groups is 2. The predicted molar refractivity (Wildman–Crippen MR) is 82.1 cm³/mol. The van der Waals surface area contributed by atoms with Crippen LogP contribution in [0.2, 0.25) is 5.02 Å². The van der Waals surface area contributed by atoms with Crippen LogP contribution in [0.25, 0.3) is 0 Å². The molecule has 0 bridgehead atoms. The summed E-state index contributed by atoms with van der Waals surface area (Å²) in [5.41, 5.74) is 2.01. The molecule has 0 N–H and O–H groups in total. The van der Waals surface area contributed by atoms with E-state index in [-0.39, 0.29) is 0 Å². The largest absolute Gasteiger partial charge is 0.253 e. The van der Waals surface area contributed by atoms with Crippen LogP contribution in [0, 0.1) is 0 Å². The second-order valence-corrected chi connectivity index (χ2v) is 5.48. The Kier molecular flexibility index (Phi) is 3.57. The summed E-state index contributed by atoms with van der Waals surface area (Å²) < 4.78 is 4.41. The van der Waals surface area contributed by atoms with E-state index in [1.165, 1.54) is 11.9 Å². The Morgan fingerprint density at radius 1 is 1.32 bits per heavy atom. The van der Waals surface area contributed by atoms with Gasteiger partial charge in [0.05, 0.1) is 24.2 Å². The highest BCUT2D eigenvalue weighted by Crippen LogP contribution is 2.26. The van der Waals surface area contributed by atoms with Crippen LogP contribution in [0.1, 0.15) is 25.3 Å². The molecule has 0 radical (unpaired) electrons. The molecule has 1 aromatic rings. The van der Waals surface area contributed by atoms with Gasteiger partial charge in [0, 0.05) is 11.4 Å². The normalized spacial score (nSPS) is 17.8. The lowest BCUT2D eigenvalue weighted by molar-refractivity contribution is 0.642. The summed E-state index contributed by atoms with van der Waals surface area (Å²) in [6.07, 6.45) is 1.97. The molecule has 6 heteroatoms. The van der Waals surface area contributed by atoms with Gasteiger partial charge in [-0.25, -0.2) is 0 Å². The molecule has 0 saturated heterocycles. The lowest BCUT2D eigenvalue weighted by atomic mass is 10.1. The number of benzene rings is 1. The Labute approximate surface area is 121 Å². The van der Waals surface area contributed by atoms with Crippen molar-refractivity contribution in [1.82, 2.24) is 5.01 Å². The first-order valence-electron chi connectivity index (χ1n) is 6.20. The maximum absolute atomic E-state index is 5.90. The lowest BCUT2D eigenvalue weighted by Gasteiger charge is -2.20. The lowest BCUT2D eigenvalue weighted by Crippen LogP contribution is -2.31. The summed E-state index contributed by atoms with van der Waals surface area (Å²) in [5.74, 6) is 0.984. The Balaban J connectivity index is 1.87. The van der Waals surface area contributed by atoms with Gasteiger partial charge in [-0.3, -0.25) is 4.99 Å². The third-order valence-electron chi connectivity index (χ3n) is 2.89. The zero-order chi connectivity index (χ0) is 13.2. The van der Waals surface area contributed by atoms with Gasteiger partial charge in [0.25, 0.3) is 0 Å². The summed E-state index contributed by atoms with van der Waals surface area (Å²) in [7, 11) is 0. The topological polar surface area (TPSA) is 40.3 Å². The van der Waals surface area contributed by atoms with Crippen LogP contribution in [-0.2, 0) is 0 Å².